The smallest absolute Gasteiger partial charge is 0.228 e. The van der Waals surface area contributed by atoms with Crippen LogP contribution in [0.1, 0.15) is 11.1 Å². The lowest BCUT2D eigenvalue weighted by atomic mass is 10.1. The molecule has 0 spiro atoms. The summed E-state index contributed by atoms with van der Waals surface area (Å²) in [5.74, 6) is 0.716. The number of carbonyl (C=O) groups excluding carboxylic acids is 1. The zero-order valence-corrected chi connectivity index (χ0v) is 15.1. The topological polar surface area (TPSA) is 42.0 Å². The highest BCUT2D eigenvalue weighted by atomic mass is 35.5. The molecule has 3 aromatic rings. The first-order chi connectivity index (χ1) is 12.2. The van der Waals surface area contributed by atoms with Crippen molar-refractivity contribution in [1.29, 1.82) is 0 Å². The van der Waals surface area contributed by atoms with Gasteiger partial charge in [-0.3, -0.25) is 4.79 Å². The summed E-state index contributed by atoms with van der Waals surface area (Å²) in [6.45, 7) is 0. The quantitative estimate of drug-likeness (QED) is 0.607. The Balaban J connectivity index is 1.59. The number of hydrogen-bond donors (Lipinski definition) is 1. The van der Waals surface area contributed by atoms with Gasteiger partial charge in [-0.1, -0.05) is 48.0 Å². The lowest BCUT2D eigenvalue weighted by molar-refractivity contribution is -0.115. The maximum Gasteiger partial charge on any atom is 0.228 e. The minimum absolute atomic E-state index is 0.0809. The molecule has 1 amide bonds. The van der Waals surface area contributed by atoms with Crippen LogP contribution in [0.3, 0.4) is 0 Å². The van der Waals surface area contributed by atoms with Crippen LogP contribution in [0.2, 0.25) is 5.02 Å². The number of pyridine rings is 1. The molecule has 0 saturated carbocycles. The number of nitrogens with zero attached hydrogens (tertiary/aromatic N) is 1. The van der Waals surface area contributed by atoms with E-state index < -0.39 is 0 Å². The van der Waals surface area contributed by atoms with Gasteiger partial charge < -0.3 is 5.32 Å². The Morgan fingerprint density at radius 2 is 1.88 bits per heavy atom. The summed E-state index contributed by atoms with van der Waals surface area (Å²) in [6, 6.07) is 21.1. The molecule has 3 rings (SSSR count). The molecule has 1 heterocycles. The van der Waals surface area contributed by atoms with Gasteiger partial charge in [0.25, 0.3) is 0 Å². The second-order valence-corrected chi connectivity index (χ2v) is 6.88. The van der Waals surface area contributed by atoms with Crippen LogP contribution in [0.5, 0.6) is 0 Å². The van der Waals surface area contributed by atoms with Crippen molar-refractivity contribution in [2.45, 2.75) is 17.2 Å². The van der Waals surface area contributed by atoms with Crippen LogP contribution in [-0.2, 0) is 17.0 Å². The highest BCUT2D eigenvalue weighted by molar-refractivity contribution is 7.98. The van der Waals surface area contributed by atoms with E-state index >= 15 is 0 Å². The molecule has 25 heavy (non-hydrogen) atoms. The number of rotatable bonds is 6. The summed E-state index contributed by atoms with van der Waals surface area (Å²) in [4.78, 5) is 16.5. The highest BCUT2D eigenvalue weighted by Crippen LogP contribution is 2.22. The lowest BCUT2D eigenvalue weighted by Gasteiger charge is -2.08. The fourth-order valence-corrected chi connectivity index (χ4v) is 3.36. The van der Waals surface area contributed by atoms with Crippen LogP contribution >= 0.6 is 23.4 Å². The average molecular weight is 369 g/mol. The van der Waals surface area contributed by atoms with Crippen molar-refractivity contribution in [2.24, 2.45) is 0 Å². The van der Waals surface area contributed by atoms with Gasteiger partial charge in [-0.2, -0.15) is 0 Å². The van der Waals surface area contributed by atoms with Crippen LogP contribution in [0.4, 0.5) is 5.69 Å². The van der Waals surface area contributed by atoms with Crippen molar-refractivity contribution in [1.82, 2.24) is 4.98 Å². The van der Waals surface area contributed by atoms with Gasteiger partial charge in [0.2, 0.25) is 5.91 Å². The van der Waals surface area contributed by atoms with E-state index in [2.05, 4.69) is 10.3 Å². The molecular weight excluding hydrogens is 352 g/mol. The Morgan fingerprint density at radius 1 is 1.04 bits per heavy atom. The van der Waals surface area contributed by atoms with Crippen LogP contribution in [-0.4, -0.2) is 10.9 Å². The van der Waals surface area contributed by atoms with E-state index in [0.717, 1.165) is 27.6 Å². The van der Waals surface area contributed by atoms with Gasteiger partial charge >= 0.3 is 0 Å². The Hall–Kier alpha value is -2.30. The maximum atomic E-state index is 12.2. The first kappa shape index (κ1) is 17.5. The number of hydrogen-bond acceptors (Lipinski definition) is 3. The maximum absolute atomic E-state index is 12.2. The van der Waals surface area contributed by atoms with Gasteiger partial charge in [-0.15, -0.1) is 11.8 Å². The predicted octanol–water partition coefficient (Wildman–Crippen LogP) is 5.21. The third-order valence-corrected chi connectivity index (χ3v) is 4.93. The number of carbonyl (C=O) groups is 1. The third kappa shape index (κ3) is 5.34. The molecule has 126 valence electrons. The second-order valence-electron chi connectivity index (χ2n) is 5.47. The molecule has 0 unspecified atom stereocenters. The molecule has 5 heteroatoms. The standard InChI is InChI=1S/C20H17ClN2OS/c21-18-9-2-1-7-16(18)13-19(24)23-17-8-5-6-15(12-17)14-25-20-10-3-4-11-22-20/h1-12H,13-14H2,(H,23,24). The molecule has 0 saturated heterocycles. The normalized spacial score (nSPS) is 10.4. The van der Waals surface area contributed by atoms with Gasteiger partial charge in [-0.25, -0.2) is 4.98 Å². The second kappa shape index (κ2) is 8.70. The Kier molecular flexibility index (Phi) is 6.09. The molecule has 0 aliphatic heterocycles. The summed E-state index contributed by atoms with van der Waals surface area (Å²) in [5, 5.41) is 4.53. The largest absolute Gasteiger partial charge is 0.326 e. The first-order valence-electron chi connectivity index (χ1n) is 7.87. The average Bonchev–Trinajstić information content (AvgIpc) is 2.63. The van der Waals surface area contributed by atoms with Crippen LogP contribution in [0.15, 0.2) is 78.0 Å². The van der Waals surface area contributed by atoms with Gasteiger partial charge in [0.1, 0.15) is 0 Å². The van der Waals surface area contributed by atoms with E-state index in [1.165, 1.54) is 0 Å². The zero-order valence-electron chi connectivity index (χ0n) is 13.5. The van der Waals surface area contributed by atoms with Crippen molar-refractivity contribution in [3.63, 3.8) is 0 Å². The van der Waals surface area contributed by atoms with Crippen LogP contribution < -0.4 is 5.32 Å². The van der Waals surface area contributed by atoms with Crippen molar-refractivity contribution in [2.75, 3.05) is 5.32 Å². The van der Waals surface area contributed by atoms with Gasteiger partial charge in [-0.05, 0) is 41.5 Å². The fraction of sp³-hybridized carbons (Fsp3) is 0.100. The van der Waals surface area contributed by atoms with E-state index in [4.69, 9.17) is 11.6 Å². The number of aromatic nitrogens is 1. The van der Waals surface area contributed by atoms with Gasteiger partial charge in [0.05, 0.1) is 11.4 Å². The molecule has 1 aromatic heterocycles. The van der Waals surface area contributed by atoms with E-state index in [-0.39, 0.29) is 12.3 Å². The number of benzene rings is 2. The highest BCUT2D eigenvalue weighted by Gasteiger charge is 2.07. The number of nitrogens with one attached hydrogen (secondary N) is 1. The molecule has 0 fully saturated rings. The van der Waals surface area contributed by atoms with E-state index in [1.54, 1.807) is 24.0 Å². The zero-order chi connectivity index (χ0) is 17.5. The molecule has 3 nitrogen and oxygen atoms in total. The Bertz CT molecular complexity index is 855. The van der Waals surface area contributed by atoms with Crippen molar-refractivity contribution >= 4 is 35.0 Å². The third-order valence-electron chi connectivity index (χ3n) is 3.54. The minimum Gasteiger partial charge on any atom is -0.326 e. The van der Waals surface area contributed by atoms with Crippen molar-refractivity contribution in [3.05, 3.63) is 89.1 Å². The molecule has 2 aromatic carbocycles. The van der Waals surface area contributed by atoms with Crippen molar-refractivity contribution < 1.29 is 4.79 Å². The molecule has 1 N–H and O–H groups in total. The summed E-state index contributed by atoms with van der Waals surface area (Å²) in [7, 11) is 0. The summed E-state index contributed by atoms with van der Waals surface area (Å²) in [6.07, 6.45) is 2.04. The molecule has 0 bridgehead atoms. The fourth-order valence-electron chi connectivity index (χ4n) is 2.35. The lowest BCUT2D eigenvalue weighted by Crippen LogP contribution is -2.14. The van der Waals surface area contributed by atoms with Gasteiger partial charge in [0.15, 0.2) is 0 Å². The minimum atomic E-state index is -0.0809. The SMILES string of the molecule is O=C(Cc1ccccc1Cl)Nc1cccc(CSc2ccccn2)c1. The first-order valence-corrected chi connectivity index (χ1v) is 9.23. The number of thioether (sulfide) groups is 1. The number of anilines is 1. The summed E-state index contributed by atoms with van der Waals surface area (Å²) in [5.41, 5.74) is 2.74. The Labute approximate surface area is 156 Å². The van der Waals surface area contributed by atoms with Crippen molar-refractivity contribution in [3.8, 4) is 0 Å². The van der Waals surface area contributed by atoms with Crippen LogP contribution in [0.25, 0.3) is 0 Å². The number of amides is 1. The Morgan fingerprint density at radius 3 is 2.68 bits per heavy atom. The summed E-state index contributed by atoms with van der Waals surface area (Å²) >= 11 is 7.77. The molecule has 0 aliphatic carbocycles. The van der Waals surface area contributed by atoms with E-state index in [9.17, 15) is 4.79 Å². The molecule has 0 radical (unpaired) electrons. The number of halogens is 1. The predicted molar refractivity (Wildman–Crippen MR) is 104 cm³/mol. The molecule has 0 aliphatic rings. The monoisotopic (exact) mass is 368 g/mol. The molecule has 0 atom stereocenters. The molecular formula is C20H17ClN2OS. The van der Waals surface area contributed by atoms with E-state index in [1.807, 2.05) is 60.7 Å². The van der Waals surface area contributed by atoms with Crippen LogP contribution in [0, 0.1) is 0 Å². The summed E-state index contributed by atoms with van der Waals surface area (Å²) < 4.78 is 0. The van der Waals surface area contributed by atoms with E-state index in [0.29, 0.717) is 5.02 Å². The van der Waals surface area contributed by atoms with Gasteiger partial charge in [0, 0.05) is 22.7 Å².